The first-order valence-electron chi connectivity index (χ1n) is 6.68. The van der Waals surface area contributed by atoms with Crippen molar-refractivity contribution in [1.29, 1.82) is 5.26 Å². The normalized spacial score (nSPS) is 27.9. The highest BCUT2D eigenvalue weighted by molar-refractivity contribution is 7.80. The average molecular weight is 339 g/mol. The first-order valence-corrected chi connectivity index (χ1v) is 7.46. The van der Waals surface area contributed by atoms with Gasteiger partial charge in [0.15, 0.2) is 5.11 Å². The number of hydrazine groups is 1. The molecule has 1 amide bonds. The number of nitrogens with zero attached hydrogens (tertiary/aromatic N) is 1. The van der Waals surface area contributed by atoms with Crippen molar-refractivity contribution in [3.05, 3.63) is 36.1 Å². The van der Waals surface area contributed by atoms with Gasteiger partial charge in [-0.25, -0.2) is 0 Å². The van der Waals surface area contributed by atoms with E-state index in [1.54, 1.807) is 6.07 Å². The van der Waals surface area contributed by atoms with E-state index in [9.17, 15) is 4.79 Å². The predicted octanol–water partition coefficient (Wildman–Crippen LogP) is 2.43. The van der Waals surface area contributed by atoms with Gasteiger partial charge in [-0.2, -0.15) is 5.26 Å². The Bertz CT molecular complexity index is 585. The fraction of sp³-hybridized carbons (Fsp3) is 0.400. The number of allylic oxidation sites excluding steroid dienone is 5. The second-order valence-electron chi connectivity index (χ2n) is 5.70. The van der Waals surface area contributed by atoms with E-state index in [0.29, 0.717) is 0 Å². The molecule has 0 aromatic rings. The topological polar surface area (TPSA) is 76.9 Å². The first-order chi connectivity index (χ1) is 10.1. The third-order valence-corrected chi connectivity index (χ3v) is 3.22. The zero-order valence-corrected chi connectivity index (χ0v) is 14.3. The van der Waals surface area contributed by atoms with Gasteiger partial charge >= 0.3 is 0 Å². The monoisotopic (exact) mass is 338 g/mol. The van der Waals surface area contributed by atoms with Crippen LogP contribution in [0.4, 0.5) is 0 Å². The van der Waals surface area contributed by atoms with Gasteiger partial charge in [0, 0.05) is 11.1 Å². The van der Waals surface area contributed by atoms with Gasteiger partial charge in [-0.05, 0) is 25.2 Å². The van der Waals surface area contributed by atoms with Crippen molar-refractivity contribution in [2.24, 2.45) is 5.41 Å². The van der Waals surface area contributed by atoms with Gasteiger partial charge in [-0.15, -0.1) is 11.6 Å². The molecular formula is C15H19ClN4OS. The van der Waals surface area contributed by atoms with E-state index >= 15 is 0 Å². The molecule has 1 aliphatic carbocycles. The molecular weight excluding hydrogens is 320 g/mol. The molecule has 3 N–H and O–H groups in total. The molecule has 0 heterocycles. The van der Waals surface area contributed by atoms with Crippen molar-refractivity contribution in [2.75, 3.05) is 0 Å². The van der Waals surface area contributed by atoms with Crippen LogP contribution < -0.4 is 16.2 Å². The molecule has 7 heteroatoms. The van der Waals surface area contributed by atoms with Crippen LogP contribution in [0.1, 0.15) is 27.2 Å². The molecule has 22 heavy (non-hydrogen) atoms. The van der Waals surface area contributed by atoms with Gasteiger partial charge in [0.2, 0.25) is 0 Å². The lowest BCUT2D eigenvalue weighted by molar-refractivity contribution is -0.120. The minimum atomic E-state index is -0.575. The second-order valence-corrected chi connectivity index (χ2v) is 6.92. The molecule has 0 aliphatic heterocycles. The van der Waals surface area contributed by atoms with E-state index in [1.165, 1.54) is 0 Å². The van der Waals surface area contributed by atoms with Crippen LogP contribution >= 0.6 is 23.8 Å². The highest BCUT2D eigenvalue weighted by atomic mass is 35.5. The summed E-state index contributed by atoms with van der Waals surface area (Å²) in [6, 6.07) is 1.75. The number of hydrogen-bond acceptors (Lipinski definition) is 3. The number of halogens is 1. The summed E-state index contributed by atoms with van der Waals surface area (Å²) in [6.45, 7) is 5.98. The number of hydrogen-bond donors (Lipinski definition) is 3. The fourth-order valence-corrected chi connectivity index (χ4v) is 1.96. The van der Waals surface area contributed by atoms with E-state index in [0.717, 1.165) is 5.70 Å². The Morgan fingerprint density at radius 2 is 2.00 bits per heavy atom. The number of thiocarbonyl (C=S) groups is 1. The van der Waals surface area contributed by atoms with Crippen LogP contribution in [-0.4, -0.2) is 15.9 Å². The van der Waals surface area contributed by atoms with Crippen LogP contribution in [0.15, 0.2) is 36.1 Å². The van der Waals surface area contributed by atoms with Crippen molar-refractivity contribution in [3.63, 3.8) is 0 Å². The van der Waals surface area contributed by atoms with E-state index < -0.39 is 10.8 Å². The van der Waals surface area contributed by atoms with Crippen molar-refractivity contribution in [2.45, 2.75) is 32.1 Å². The summed E-state index contributed by atoms with van der Waals surface area (Å²) in [4.78, 5) is 10.6. The fourth-order valence-electron chi connectivity index (χ4n) is 1.67. The van der Waals surface area contributed by atoms with Crippen LogP contribution in [0.2, 0.25) is 0 Å². The quantitative estimate of drug-likeness (QED) is 0.312. The van der Waals surface area contributed by atoms with Gasteiger partial charge in [0.1, 0.15) is 6.42 Å². The third kappa shape index (κ3) is 6.74. The number of nitriles is 1. The number of amides is 1. The molecule has 1 rings (SSSR count). The summed E-state index contributed by atoms with van der Waals surface area (Å²) in [5, 5.41) is 11.6. The number of rotatable bonds is 2. The highest BCUT2D eigenvalue weighted by Crippen LogP contribution is 2.28. The van der Waals surface area contributed by atoms with Crippen LogP contribution in [0, 0.1) is 16.7 Å². The molecule has 118 valence electrons. The summed E-state index contributed by atoms with van der Waals surface area (Å²) < 4.78 is 0. The van der Waals surface area contributed by atoms with Crippen LogP contribution in [0.25, 0.3) is 0 Å². The molecule has 0 spiro atoms. The lowest BCUT2D eigenvalue weighted by Crippen LogP contribution is -2.46. The Kier molecular flexibility index (Phi) is 6.15. The number of alkyl halides is 1. The van der Waals surface area contributed by atoms with E-state index in [2.05, 4.69) is 16.2 Å². The summed E-state index contributed by atoms with van der Waals surface area (Å²) in [5.41, 5.74) is 5.43. The summed E-state index contributed by atoms with van der Waals surface area (Å²) >= 11 is 11.5. The highest BCUT2D eigenvalue weighted by Gasteiger charge is 2.19. The SMILES string of the molecule is CC1(Cl)/C=C\C(NC(=S)NNC(=O)CC#N)=C/C(C)(C)/C=C\1. The summed E-state index contributed by atoms with van der Waals surface area (Å²) in [6.07, 6.45) is 9.41. The Morgan fingerprint density at radius 3 is 2.64 bits per heavy atom. The molecule has 0 saturated heterocycles. The molecule has 0 bridgehead atoms. The van der Waals surface area contributed by atoms with E-state index in [-0.39, 0.29) is 16.9 Å². The lowest BCUT2D eigenvalue weighted by Gasteiger charge is -2.23. The number of carbonyl (C=O) groups is 1. The van der Waals surface area contributed by atoms with Crippen LogP contribution in [0.5, 0.6) is 0 Å². The van der Waals surface area contributed by atoms with Gasteiger partial charge in [-0.1, -0.05) is 38.2 Å². The molecule has 1 atom stereocenters. The van der Waals surface area contributed by atoms with Crippen LogP contribution in [0.3, 0.4) is 0 Å². The minimum absolute atomic E-state index is 0.205. The minimum Gasteiger partial charge on any atom is -0.332 e. The standard InChI is InChI=1S/C15H19ClN4OS/c1-14(2)7-8-15(3,16)6-4-11(10-14)18-13(22)20-19-12(21)5-9-17/h4,6-8,10H,5H2,1-3H3,(H,19,21)(H2,18,20,22)/b6-4-,8-7-,11-10+. The molecule has 0 radical (unpaired) electrons. The zero-order valence-electron chi connectivity index (χ0n) is 12.7. The Morgan fingerprint density at radius 1 is 1.32 bits per heavy atom. The van der Waals surface area contributed by atoms with Gasteiger partial charge in [0.05, 0.1) is 10.9 Å². The molecule has 0 fully saturated rings. The second kappa shape index (κ2) is 7.43. The summed E-state index contributed by atoms with van der Waals surface area (Å²) in [5.74, 6) is -0.453. The van der Waals surface area contributed by atoms with Gasteiger partial charge < -0.3 is 5.32 Å². The maximum Gasteiger partial charge on any atom is 0.252 e. The smallest absolute Gasteiger partial charge is 0.252 e. The van der Waals surface area contributed by atoms with Crippen molar-refractivity contribution in [1.82, 2.24) is 16.2 Å². The number of carbonyl (C=O) groups excluding carboxylic acids is 1. The van der Waals surface area contributed by atoms with Crippen LogP contribution in [-0.2, 0) is 4.79 Å². The number of nitrogens with one attached hydrogen (secondary N) is 3. The largest absolute Gasteiger partial charge is 0.332 e. The van der Waals surface area contributed by atoms with Crippen molar-refractivity contribution < 1.29 is 4.79 Å². The van der Waals surface area contributed by atoms with E-state index in [4.69, 9.17) is 29.1 Å². The predicted molar refractivity (Wildman–Crippen MR) is 91.6 cm³/mol. The maximum atomic E-state index is 11.2. The lowest BCUT2D eigenvalue weighted by atomic mass is 9.88. The molecule has 1 aliphatic rings. The average Bonchev–Trinajstić information content (AvgIpc) is 2.40. The maximum absolute atomic E-state index is 11.2. The molecule has 0 saturated carbocycles. The molecule has 5 nitrogen and oxygen atoms in total. The Hall–Kier alpha value is -1.84. The van der Waals surface area contributed by atoms with Crippen molar-refractivity contribution >= 4 is 34.8 Å². The Balaban J connectivity index is 2.74. The van der Waals surface area contributed by atoms with Crippen molar-refractivity contribution in [3.8, 4) is 6.07 Å². The zero-order chi connectivity index (χ0) is 16.8. The third-order valence-electron chi connectivity index (χ3n) is 2.77. The summed E-state index contributed by atoms with van der Waals surface area (Å²) in [7, 11) is 0. The van der Waals surface area contributed by atoms with E-state index in [1.807, 2.05) is 51.2 Å². The molecule has 0 aromatic carbocycles. The molecule has 1 unspecified atom stereocenters. The van der Waals surface area contributed by atoms with Gasteiger partial charge in [0.25, 0.3) is 5.91 Å². The first kappa shape index (κ1) is 18.2. The molecule has 0 aromatic heterocycles. The Labute approximate surface area is 141 Å². The van der Waals surface area contributed by atoms with Gasteiger partial charge in [-0.3, -0.25) is 15.6 Å².